The number of amides is 1. The van der Waals surface area contributed by atoms with Gasteiger partial charge in [-0.25, -0.2) is 0 Å². The van der Waals surface area contributed by atoms with Crippen LogP contribution < -0.4 is 10.1 Å². The van der Waals surface area contributed by atoms with Gasteiger partial charge in [-0.1, -0.05) is 49.4 Å². The fourth-order valence-corrected chi connectivity index (χ4v) is 4.20. The Kier molecular flexibility index (Phi) is 6.63. The molecule has 1 aromatic heterocycles. The first-order valence-corrected chi connectivity index (χ1v) is 11.4. The third kappa shape index (κ3) is 5.68. The van der Waals surface area contributed by atoms with Gasteiger partial charge in [0, 0.05) is 18.3 Å². The van der Waals surface area contributed by atoms with Crippen LogP contribution in [0.15, 0.2) is 48.5 Å². The SMILES string of the molecule is COc1ccc(NC(=O)c2nnc(CN(Cc3ccc(C(C)C)cc3)C3CC3)s2)cc1. The Labute approximate surface area is 187 Å². The van der Waals surface area contributed by atoms with Crippen molar-refractivity contribution in [2.75, 3.05) is 12.4 Å². The molecule has 2 aromatic carbocycles. The van der Waals surface area contributed by atoms with Crippen molar-refractivity contribution in [2.24, 2.45) is 0 Å². The van der Waals surface area contributed by atoms with Gasteiger partial charge in [-0.2, -0.15) is 0 Å². The van der Waals surface area contributed by atoms with Crippen molar-refractivity contribution in [3.05, 3.63) is 69.7 Å². The monoisotopic (exact) mass is 436 g/mol. The van der Waals surface area contributed by atoms with Gasteiger partial charge in [0.05, 0.1) is 13.7 Å². The topological polar surface area (TPSA) is 67.3 Å². The van der Waals surface area contributed by atoms with E-state index >= 15 is 0 Å². The number of rotatable bonds is 9. The number of carbonyl (C=O) groups excluding carboxylic acids is 1. The summed E-state index contributed by atoms with van der Waals surface area (Å²) < 4.78 is 5.14. The minimum atomic E-state index is -0.240. The largest absolute Gasteiger partial charge is 0.497 e. The molecule has 6 nitrogen and oxygen atoms in total. The molecule has 1 amide bonds. The highest BCUT2D eigenvalue weighted by Gasteiger charge is 2.30. The van der Waals surface area contributed by atoms with Gasteiger partial charge < -0.3 is 10.1 Å². The number of carbonyl (C=O) groups is 1. The van der Waals surface area contributed by atoms with E-state index in [1.807, 2.05) is 12.1 Å². The van der Waals surface area contributed by atoms with Gasteiger partial charge in [0.25, 0.3) is 5.91 Å². The number of anilines is 1. The molecular formula is C24H28N4O2S. The zero-order chi connectivity index (χ0) is 21.8. The molecule has 0 aliphatic heterocycles. The second kappa shape index (κ2) is 9.58. The van der Waals surface area contributed by atoms with E-state index < -0.39 is 0 Å². The van der Waals surface area contributed by atoms with Crippen molar-refractivity contribution in [3.8, 4) is 5.75 Å². The third-order valence-electron chi connectivity index (χ3n) is 5.44. The Morgan fingerprint density at radius 3 is 2.42 bits per heavy atom. The maximum atomic E-state index is 12.5. The maximum Gasteiger partial charge on any atom is 0.286 e. The quantitative estimate of drug-likeness (QED) is 0.506. The standard InChI is InChI=1S/C24H28N4O2S/c1-16(2)18-6-4-17(5-7-18)14-28(20-10-11-20)15-22-26-27-24(31-22)23(29)25-19-8-12-21(30-3)13-9-19/h4-9,12-13,16,20H,10-11,14-15H2,1-3H3,(H,25,29). The Morgan fingerprint density at radius 2 is 1.81 bits per heavy atom. The predicted octanol–water partition coefficient (Wildman–Crippen LogP) is 5.09. The fraction of sp³-hybridized carbons (Fsp3) is 0.375. The first kappa shape index (κ1) is 21.5. The highest BCUT2D eigenvalue weighted by molar-refractivity contribution is 7.13. The lowest BCUT2D eigenvalue weighted by atomic mass is 10.0. The fourth-order valence-electron chi connectivity index (χ4n) is 3.44. The van der Waals surface area contributed by atoms with Crippen molar-refractivity contribution in [2.45, 2.75) is 51.7 Å². The van der Waals surface area contributed by atoms with Gasteiger partial charge in [-0.15, -0.1) is 10.2 Å². The third-order valence-corrected chi connectivity index (χ3v) is 6.35. The van der Waals surface area contributed by atoms with Crippen LogP contribution in [0.4, 0.5) is 5.69 Å². The summed E-state index contributed by atoms with van der Waals surface area (Å²) in [5.41, 5.74) is 3.36. The Bertz CT molecular complexity index is 1010. The van der Waals surface area contributed by atoms with Crippen molar-refractivity contribution in [1.29, 1.82) is 0 Å². The van der Waals surface area contributed by atoms with Gasteiger partial charge in [0.2, 0.25) is 5.01 Å². The molecule has 0 unspecified atom stereocenters. The number of nitrogens with one attached hydrogen (secondary N) is 1. The van der Waals surface area contributed by atoms with Gasteiger partial charge in [0.1, 0.15) is 10.8 Å². The molecule has 4 rings (SSSR count). The summed E-state index contributed by atoms with van der Waals surface area (Å²) in [4.78, 5) is 15.0. The lowest BCUT2D eigenvalue weighted by Gasteiger charge is -2.21. The van der Waals surface area contributed by atoms with Gasteiger partial charge in [0.15, 0.2) is 0 Å². The van der Waals surface area contributed by atoms with Crippen molar-refractivity contribution < 1.29 is 9.53 Å². The summed E-state index contributed by atoms with van der Waals surface area (Å²) >= 11 is 1.36. The summed E-state index contributed by atoms with van der Waals surface area (Å²) in [6.45, 7) is 6.02. The van der Waals surface area contributed by atoms with Crippen LogP contribution in [0.2, 0.25) is 0 Å². The van der Waals surface area contributed by atoms with Crippen LogP contribution in [0.5, 0.6) is 5.75 Å². The highest BCUT2D eigenvalue weighted by Crippen LogP contribution is 2.30. The highest BCUT2D eigenvalue weighted by atomic mass is 32.1. The van der Waals surface area contributed by atoms with Crippen LogP contribution in [0.3, 0.4) is 0 Å². The molecule has 7 heteroatoms. The number of hydrogen-bond acceptors (Lipinski definition) is 6. The Morgan fingerprint density at radius 1 is 1.10 bits per heavy atom. The molecule has 1 aliphatic carbocycles. The molecule has 0 atom stereocenters. The molecule has 31 heavy (non-hydrogen) atoms. The zero-order valence-electron chi connectivity index (χ0n) is 18.2. The molecule has 1 fully saturated rings. The van der Waals surface area contributed by atoms with E-state index in [1.54, 1.807) is 19.2 Å². The number of methoxy groups -OCH3 is 1. The molecule has 1 heterocycles. The number of ether oxygens (including phenoxy) is 1. The van der Waals surface area contributed by atoms with E-state index in [-0.39, 0.29) is 5.91 Å². The van der Waals surface area contributed by atoms with E-state index in [0.29, 0.717) is 29.2 Å². The second-order valence-corrected chi connectivity index (χ2v) is 9.28. The first-order valence-electron chi connectivity index (χ1n) is 10.6. The van der Waals surface area contributed by atoms with Crippen LogP contribution in [0.25, 0.3) is 0 Å². The summed E-state index contributed by atoms with van der Waals surface area (Å²) in [6.07, 6.45) is 2.43. The normalized spacial score (nSPS) is 13.6. The number of nitrogens with zero attached hydrogens (tertiary/aromatic N) is 3. The smallest absolute Gasteiger partial charge is 0.286 e. The lowest BCUT2D eigenvalue weighted by Crippen LogP contribution is -2.25. The van der Waals surface area contributed by atoms with Crippen molar-refractivity contribution in [3.63, 3.8) is 0 Å². The molecule has 162 valence electrons. The van der Waals surface area contributed by atoms with E-state index in [4.69, 9.17) is 4.74 Å². The number of hydrogen-bond donors (Lipinski definition) is 1. The van der Waals surface area contributed by atoms with Crippen LogP contribution in [0.1, 0.15) is 58.5 Å². The lowest BCUT2D eigenvalue weighted by molar-refractivity contribution is 0.102. The van der Waals surface area contributed by atoms with Gasteiger partial charge in [-0.05, 0) is 54.2 Å². The van der Waals surface area contributed by atoms with E-state index in [9.17, 15) is 4.79 Å². The molecule has 0 saturated heterocycles. The zero-order valence-corrected chi connectivity index (χ0v) is 19.0. The Balaban J connectivity index is 1.38. The molecular weight excluding hydrogens is 408 g/mol. The van der Waals surface area contributed by atoms with E-state index in [1.165, 1.54) is 35.3 Å². The molecule has 3 aromatic rings. The minimum Gasteiger partial charge on any atom is -0.497 e. The molecule has 0 bridgehead atoms. The summed E-state index contributed by atoms with van der Waals surface area (Å²) in [5, 5.41) is 12.5. The van der Waals surface area contributed by atoms with Crippen molar-refractivity contribution >= 4 is 22.9 Å². The number of benzene rings is 2. The summed E-state index contributed by atoms with van der Waals surface area (Å²) in [7, 11) is 1.61. The summed E-state index contributed by atoms with van der Waals surface area (Å²) in [6, 6.07) is 16.7. The Hall–Kier alpha value is -2.77. The average Bonchev–Trinajstić information content (AvgIpc) is 3.52. The first-order chi connectivity index (χ1) is 15.0. The van der Waals surface area contributed by atoms with Gasteiger partial charge >= 0.3 is 0 Å². The minimum absolute atomic E-state index is 0.240. The van der Waals surface area contributed by atoms with Crippen molar-refractivity contribution in [1.82, 2.24) is 15.1 Å². The van der Waals surface area contributed by atoms with Gasteiger partial charge in [-0.3, -0.25) is 9.69 Å². The summed E-state index contributed by atoms with van der Waals surface area (Å²) in [5.74, 6) is 1.05. The van der Waals surface area contributed by atoms with Crippen LogP contribution >= 0.6 is 11.3 Å². The molecule has 1 aliphatic rings. The second-order valence-electron chi connectivity index (χ2n) is 8.22. The molecule has 1 N–H and O–H groups in total. The number of aromatic nitrogens is 2. The van der Waals surface area contributed by atoms with E-state index in [2.05, 4.69) is 58.5 Å². The molecule has 0 spiro atoms. The van der Waals surface area contributed by atoms with Crippen LogP contribution in [-0.4, -0.2) is 34.2 Å². The van der Waals surface area contributed by atoms with Crippen LogP contribution in [-0.2, 0) is 13.1 Å². The average molecular weight is 437 g/mol. The molecule has 0 radical (unpaired) electrons. The van der Waals surface area contributed by atoms with E-state index in [0.717, 1.165) is 17.3 Å². The molecule has 1 saturated carbocycles. The maximum absolute atomic E-state index is 12.5. The van der Waals surface area contributed by atoms with Crippen LogP contribution in [0, 0.1) is 0 Å². The predicted molar refractivity (Wildman–Crippen MR) is 124 cm³/mol.